The van der Waals surface area contributed by atoms with Gasteiger partial charge in [-0.25, -0.2) is 4.98 Å². The average Bonchev–Trinajstić information content (AvgIpc) is 3.19. The molecule has 0 saturated heterocycles. The molecule has 32 heavy (non-hydrogen) atoms. The number of hydrogen-bond acceptors (Lipinski definition) is 2. The Morgan fingerprint density at radius 2 is 1.59 bits per heavy atom. The van der Waals surface area contributed by atoms with Crippen molar-refractivity contribution in [2.45, 2.75) is 123 Å². The Bertz CT molecular complexity index is 806. The van der Waals surface area contributed by atoms with Crippen molar-refractivity contribution in [3.63, 3.8) is 0 Å². The summed E-state index contributed by atoms with van der Waals surface area (Å²) in [4.78, 5) is 17.7. The van der Waals surface area contributed by atoms with Crippen LogP contribution in [0.5, 0.6) is 0 Å². The van der Waals surface area contributed by atoms with Gasteiger partial charge in [-0.15, -0.1) is 0 Å². The third-order valence-corrected chi connectivity index (χ3v) is 7.14. The Balaban J connectivity index is 1.50. The summed E-state index contributed by atoms with van der Waals surface area (Å²) in [5.41, 5.74) is 2.23. The van der Waals surface area contributed by atoms with Crippen LogP contribution in [0, 0.1) is 5.92 Å². The Labute approximate surface area is 195 Å². The van der Waals surface area contributed by atoms with E-state index in [-0.39, 0.29) is 17.9 Å². The first-order valence-corrected chi connectivity index (χ1v) is 13.5. The molecule has 4 nitrogen and oxygen atoms in total. The fraction of sp³-hybridized carbons (Fsp3) is 0.714. The summed E-state index contributed by atoms with van der Waals surface area (Å²) in [5, 5.41) is 3.28. The van der Waals surface area contributed by atoms with E-state index in [4.69, 9.17) is 4.98 Å². The third kappa shape index (κ3) is 7.35. The number of benzene rings is 1. The van der Waals surface area contributed by atoms with E-state index < -0.39 is 0 Å². The van der Waals surface area contributed by atoms with E-state index in [1.54, 1.807) is 0 Å². The van der Waals surface area contributed by atoms with Gasteiger partial charge in [0, 0.05) is 12.5 Å². The first kappa shape index (κ1) is 24.8. The summed E-state index contributed by atoms with van der Waals surface area (Å²) >= 11 is 0. The van der Waals surface area contributed by atoms with Gasteiger partial charge in [0.25, 0.3) is 0 Å². The van der Waals surface area contributed by atoms with Crippen LogP contribution in [0.25, 0.3) is 11.0 Å². The maximum atomic E-state index is 12.8. The van der Waals surface area contributed by atoms with Crippen LogP contribution in [-0.4, -0.2) is 15.5 Å². The minimum Gasteiger partial charge on any atom is -0.346 e. The van der Waals surface area contributed by atoms with Crippen molar-refractivity contribution in [3.05, 3.63) is 30.1 Å². The maximum absolute atomic E-state index is 12.8. The number of carbonyl (C=O) groups is 1. The van der Waals surface area contributed by atoms with Gasteiger partial charge in [0.05, 0.1) is 17.1 Å². The van der Waals surface area contributed by atoms with Gasteiger partial charge >= 0.3 is 0 Å². The van der Waals surface area contributed by atoms with E-state index in [1.807, 2.05) is 0 Å². The van der Waals surface area contributed by atoms with Crippen LogP contribution >= 0.6 is 0 Å². The standard InChI is InChI=1S/C28H45N3O/c1-3-4-5-6-7-8-9-10-11-17-22-31-26-21-16-15-20-25(26)30-27(31)23(2)29-28(32)24-18-13-12-14-19-24/h15-16,20-21,23-24H,3-14,17-19,22H2,1-2H3,(H,29,32). The first-order chi connectivity index (χ1) is 15.7. The molecule has 0 radical (unpaired) electrons. The topological polar surface area (TPSA) is 46.9 Å². The predicted octanol–water partition coefficient (Wildman–Crippen LogP) is 7.71. The van der Waals surface area contributed by atoms with Crippen LogP contribution in [-0.2, 0) is 11.3 Å². The van der Waals surface area contributed by atoms with E-state index in [0.717, 1.165) is 30.7 Å². The lowest BCUT2D eigenvalue weighted by molar-refractivity contribution is -0.126. The average molecular weight is 440 g/mol. The highest BCUT2D eigenvalue weighted by Gasteiger charge is 2.24. The van der Waals surface area contributed by atoms with E-state index in [2.05, 4.69) is 48.0 Å². The van der Waals surface area contributed by atoms with Crippen LogP contribution < -0.4 is 5.32 Å². The molecule has 1 atom stereocenters. The second-order valence-corrected chi connectivity index (χ2v) is 9.86. The number of amides is 1. The van der Waals surface area contributed by atoms with Crippen LogP contribution in [0.4, 0.5) is 0 Å². The zero-order chi connectivity index (χ0) is 22.6. The van der Waals surface area contributed by atoms with E-state index in [1.165, 1.54) is 89.0 Å². The molecule has 0 bridgehead atoms. The Kier molecular flexibility index (Phi) is 10.6. The molecule has 0 aliphatic heterocycles. The summed E-state index contributed by atoms with van der Waals surface area (Å²) in [6, 6.07) is 8.34. The fourth-order valence-electron chi connectivity index (χ4n) is 5.18. The van der Waals surface area contributed by atoms with Crippen molar-refractivity contribution in [2.24, 2.45) is 5.92 Å². The molecule has 1 heterocycles. The molecule has 1 aliphatic carbocycles. The minimum absolute atomic E-state index is 0.0556. The lowest BCUT2D eigenvalue weighted by Gasteiger charge is -2.23. The normalized spacial score (nSPS) is 15.8. The quantitative estimate of drug-likeness (QED) is 0.306. The molecular formula is C28H45N3O. The number of unbranched alkanes of at least 4 members (excludes halogenated alkanes) is 9. The second-order valence-electron chi connectivity index (χ2n) is 9.86. The van der Waals surface area contributed by atoms with E-state index in [9.17, 15) is 4.79 Å². The molecule has 1 aliphatic rings. The van der Waals surface area contributed by atoms with E-state index >= 15 is 0 Å². The summed E-state index contributed by atoms with van der Waals surface area (Å²) in [5.74, 6) is 1.41. The lowest BCUT2D eigenvalue weighted by Crippen LogP contribution is -2.35. The van der Waals surface area contributed by atoms with E-state index in [0.29, 0.717) is 0 Å². The Morgan fingerprint density at radius 1 is 0.969 bits per heavy atom. The van der Waals surface area contributed by atoms with Crippen LogP contribution in [0.3, 0.4) is 0 Å². The highest BCUT2D eigenvalue weighted by molar-refractivity contribution is 5.80. The Hall–Kier alpha value is -1.84. The number of fused-ring (bicyclic) bond motifs is 1. The number of aryl methyl sites for hydroxylation is 1. The SMILES string of the molecule is CCCCCCCCCCCCn1c(C(C)NC(=O)C2CCCCC2)nc2ccccc21. The van der Waals surface area contributed by atoms with Crippen LogP contribution in [0.15, 0.2) is 24.3 Å². The number of nitrogens with zero attached hydrogens (tertiary/aromatic N) is 2. The molecule has 178 valence electrons. The molecule has 2 aromatic rings. The zero-order valence-corrected chi connectivity index (χ0v) is 20.6. The number of para-hydroxylation sites is 2. The summed E-state index contributed by atoms with van der Waals surface area (Å²) in [7, 11) is 0. The van der Waals surface area contributed by atoms with Crippen LogP contribution in [0.2, 0.25) is 0 Å². The molecule has 0 spiro atoms. The number of nitrogens with one attached hydrogen (secondary N) is 1. The minimum atomic E-state index is -0.0556. The molecule has 1 fully saturated rings. The summed E-state index contributed by atoms with van der Waals surface area (Å²) in [6.07, 6.45) is 19.1. The van der Waals surface area contributed by atoms with Gasteiger partial charge in [-0.2, -0.15) is 0 Å². The first-order valence-electron chi connectivity index (χ1n) is 13.5. The van der Waals surface area contributed by atoms with Crippen molar-refractivity contribution in [2.75, 3.05) is 0 Å². The predicted molar refractivity (Wildman–Crippen MR) is 135 cm³/mol. The molecule has 1 unspecified atom stereocenters. The second kappa shape index (κ2) is 13.6. The Morgan fingerprint density at radius 3 is 2.28 bits per heavy atom. The van der Waals surface area contributed by atoms with Gasteiger partial charge in [0.15, 0.2) is 0 Å². The molecule has 4 heteroatoms. The monoisotopic (exact) mass is 439 g/mol. The van der Waals surface area contributed by atoms with Gasteiger partial charge in [-0.05, 0) is 38.3 Å². The molecule has 1 saturated carbocycles. The van der Waals surface area contributed by atoms with Gasteiger partial charge < -0.3 is 9.88 Å². The van der Waals surface area contributed by atoms with Crippen molar-refractivity contribution in [3.8, 4) is 0 Å². The molecular weight excluding hydrogens is 394 g/mol. The zero-order valence-electron chi connectivity index (χ0n) is 20.6. The highest BCUT2D eigenvalue weighted by atomic mass is 16.1. The summed E-state index contributed by atoms with van der Waals surface area (Å²) < 4.78 is 2.35. The third-order valence-electron chi connectivity index (χ3n) is 7.14. The van der Waals surface area contributed by atoms with Crippen molar-refractivity contribution >= 4 is 16.9 Å². The van der Waals surface area contributed by atoms with Gasteiger partial charge in [0.2, 0.25) is 5.91 Å². The van der Waals surface area contributed by atoms with Crippen molar-refractivity contribution in [1.82, 2.24) is 14.9 Å². The molecule has 3 rings (SSSR count). The smallest absolute Gasteiger partial charge is 0.223 e. The number of rotatable bonds is 14. The molecule has 1 N–H and O–H groups in total. The molecule has 1 aromatic carbocycles. The van der Waals surface area contributed by atoms with Crippen molar-refractivity contribution in [1.29, 1.82) is 0 Å². The lowest BCUT2D eigenvalue weighted by atomic mass is 9.88. The highest BCUT2D eigenvalue weighted by Crippen LogP contribution is 2.26. The largest absolute Gasteiger partial charge is 0.346 e. The maximum Gasteiger partial charge on any atom is 0.223 e. The van der Waals surface area contributed by atoms with Gasteiger partial charge in [-0.1, -0.05) is 96.1 Å². The molecule has 1 amide bonds. The molecule has 1 aromatic heterocycles. The number of imidazole rings is 1. The van der Waals surface area contributed by atoms with Crippen molar-refractivity contribution < 1.29 is 4.79 Å². The summed E-state index contributed by atoms with van der Waals surface area (Å²) in [6.45, 7) is 5.35. The van der Waals surface area contributed by atoms with Crippen LogP contribution in [0.1, 0.15) is 122 Å². The fourth-order valence-corrected chi connectivity index (χ4v) is 5.18. The van der Waals surface area contributed by atoms with Gasteiger partial charge in [0.1, 0.15) is 5.82 Å². The van der Waals surface area contributed by atoms with Gasteiger partial charge in [-0.3, -0.25) is 4.79 Å². The number of hydrogen-bond donors (Lipinski definition) is 1. The number of aromatic nitrogens is 2. The number of carbonyl (C=O) groups excluding carboxylic acids is 1.